The first-order chi connectivity index (χ1) is 13.2. The van der Waals surface area contributed by atoms with Gasteiger partial charge in [0.25, 0.3) is 5.56 Å². The molecule has 150 valence electrons. The second-order valence-corrected chi connectivity index (χ2v) is 8.10. The minimum absolute atomic E-state index is 0.0269. The summed E-state index contributed by atoms with van der Waals surface area (Å²) in [4.78, 5) is 44.9. The molecule has 1 aliphatic heterocycles. The number of rotatable bonds is 4. The highest BCUT2D eigenvalue weighted by molar-refractivity contribution is 5.87. The number of amides is 2. The van der Waals surface area contributed by atoms with Gasteiger partial charge in [-0.05, 0) is 12.1 Å². The van der Waals surface area contributed by atoms with E-state index in [4.69, 9.17) is 0 Å². The highest BCUT2D eigenvalue weighted by atomic mass is 16.2. The van der Waals surface area contributed by atoms with Gasteiger partial charge in [-0.1, -0.05) is 26.8 Å². The molecule has 8 nitrogen and oxygen atoms in total. The van der Waals surface area contributed by atoms with Crippen LogP contribution in [0.5, 0.6) is 0 Å². The zero-order valence-electron chi connectivity index (χ0n) is 16.6. The summed E-state index contributed by atoms with van der Waals surface area (Å²) in [6, 6.07) is 7.03. The molecular weight excluding hydrogens is 358 g/mol. The molecule has 2 amide bonds. The number of carbonyl (C=O) groups is 2. The first-order valence-electron chi connectivity index (χ1n) is 9.50. The fraction of sp³-hybridized carbons (Fsp3) is 0.500. The standard InChI is InChI=1S/C20H27N5O3/c1-20(2,3)19(28)21-13-18(27)24-10-8-23(9-11-24)14-15-12-17(26)25-7-5-4-6-16(25)22-15/h4-7,12H,8-11,13-14H2,1-3H3,(H,21,28). The van der Waals surface area contributed by atoms with Crippen LogP contribution in [0, 0.1) is 5.41 Å². The van der Waals surface area contributed by atoms with Gasteiger partial charge in [0.2, 0.25) is 11.8 Å². The molecule has 28 heavy (non-hydrogen) atoms. The molecule has 0 radical (unpaired) electrons. The van der Waals surface area contributed by atoms with Crippen molar-refractivity contribution in [2.45, 2.75) is 27.3 Å². The van der Waals surface area contributed by atoms with E-state index in [1.165, 1.54) is 4.40 Å². The molecule has 3 heterocycles. The van der Waals surface area contributed by atoms with E-state index >= 15 is 0 Å². The molecule has 1 saturated heterocycles. The first kappa shape index (κ1) is 20.0. The van der Waals surface area contributed by atoms with Gasteiger partial charge in [-0.2, -0.15) is 0 Å². The largest absolute Gasteiger partial charge is 0.347 e. The molecule has 0 unspecified atom stereocenters. The maximum atomic E-state index is 12.3. The van der Waals surface area contributed by atoms with Crippen molar-refractivity contribution in [1.29, 1.82) is 0 Å². The van der Waals surface area contributed by atoms with Gasteiger partial charge in [0, 0.05) is 50.4 Å². The molecule has 0 saturated carbocycles. The molecule has 1 N–H and O–H groups in total. The van der Waals surface area contributed by atoms with Crippen LogP contribution >= 0.6 is 0 Å². The van der Waals surface area contributed by atoms with Crippen molar-refractivity contribution < 1.29 is 9.59 Å². The SMILES string of the molecule is CC(C)(C)C(=O)NCC(=O)N1CCN(Cc2cc(=O)n3ccccc3n2)CC1. The lowest BCUT2D eigenvalue weighted by Crippen LogP contribution is -2.51. The third-order valence-corrected chi connectivity index (χ3v) is 4.82. The number of aromatic nitrogens is 2. The van der Waals surface area contributed by atoms with Crippen LogP contribution in [0.4, 0.5) is 0 Å². The van der Waals surface area contributed by atoms with E-state index in [-0.39, 0.29) is 23.9 Å². The molecule has 0 spiro atoms. The van der Waals surface area contributed by atoms with Gasteiger partial charge in [0.05, 0.1) is 12.2 Å². The molecule has 0 aromatic carbocycles. The van der Waals surface area contributed by atoms with Crippen LogP contribution in [0.2, 0.25) is 0 Å². The molecule has 0 atom stereocenters. The minimum atomic E-state index is -0.509. The first-order valence-corrected chi connectivity index (χ1v) is 9.50. The summed E-state index contributed by atoms with van der Waals surface area (Å²) in [5, 5.41) is 2.70. The third-order valence-electron chi connectivity index (χ3n) is 4.82. The Kier molecular flexibility index (Phi) is 5.79. The summed E-state index contributed by atoms with van der Waals surface area (Å²) in [6.07, 6.45) is 1.71. The lowest BCUT2D eigenvalue weighted by molar-refractivity contribution is -0.136. The topological polar surface area (TPSA) is 87.0 Å². The number of nitrogens with one attached hydrogen (secondary N) is 1. The van der Waals surface area contributed by atoms with Gasteiger partial charge in [-0.25, -0.2) is 4.98 Å². The van der Waals surface area contributed by atoms with Crippen LogP contribution in [-0.4, -0.2) is 63.7 Å². The highest BCUT2D eigenvalue weighted by Crippen LogP contribution is 2.12. The second-order valence-electron chi connectivity index (χ2n) is 8.10. The Morgan fingerprint density at radius 2 is 1.86 bits per heavy atom. The van der Waals surface area contributed by atoms with Gasteiger partial charge in [-0.3, -0.25) is 23.7 Å². The van der Waals surface area contributed by atoms with Crippen molar-refractivity contribution in [1.82, 2.24) is 24.5 Å². The summed E-state index contributed by atoms with van der Waals surface area (Å²) >= 11 is 0. The molecule has 8 heteroatoms. The lowest BCUT2D eigenvalue weighted by atomic mass is 9.96. The predicted octanol–water partition coefficient (Wildman–Crippen LogP) is 0.501. The third kappa shape index (κ3) is 4.75. The highest BCUT2D eigenvalue weighted by Gasteiger charge is 2.25. The lowest BCUT2D eigenvalue weighted by Gasteiger charge is -2.34. The summed E-state index contributed by atoms with van der Waals surface area (Å²) in [5.74, 6) is -0.201. The average molecular weight is 385 g/mol. The molecule has 1 fully saturated rings. The zero-order chi connectivity index (χ0) is 20.3. The quantitative estimate of drug-likeness (QED) is 0.828. The van der Waals surface area contributed by atoms with Crippen LogP contribution in [0.3, 0.4) is 0 Å². The predicted molar refractivity (Wildman–Crippen MR) is 106 cm³/mol. The van der Waals surface area contributed by atoms with Crippen LogP contribution < -0.4 is 10.9 Å². The fourth-order valence-electron chi connectivity index (χ4n) is 3.10. The summed E-state index contributed by atoms with van der Waals surface area (Å²) < 4.78 is 1.52. The molecular formula is C20H27N5O3. The van der Waals surface area contributed by atoms with E-state index in [9.17, 15) is 14.4 Å². The van der Waals surface area contributed by atoms with Crippen molar-refractivity contribution >= 4 is 17.5 Å². The number of nitrogens with zero attached hydrogens (tertiary/aromatic N) is 4. The minimum Gasteiger partial charge on any atom is -0.347 e. The Morgan fingerprint density at radius 3 is 2.54 bits per heavy atom. The molecule has 3 rings (SSSR count). The van der Waals surface area contributed by atoms with Gasteiger partial charge in [0.1, 0.15) is 5.65 Å². The Bertz CT molecular complexity index is 923. The van der Waals surface area contributed by atoms with Crippen molar-refractivity contribution in [2.75, 3.05) is 32.7 Å². The average Bonchev–Trinajstić information content (AvgIpc) is 2.65. The van der Waals surface area contributed by atoms with Crippen molar-refractivity contribution in [3.63, 3.8) is 0 Å². The van der Waals surface area contributed by atoms with Crippen molar-refractivity contribution in [2.24, 2.45) is 5.41 Å². The number of fused-ring (bicyclic) bond motifs is 1. The van der Waals surface area contributed by atoms with Crippen molar-refractivity contribution in [3.8, 4) is 0 Å². The Balaban J connectivity index is 1.52. The molecule has 2 aromatic rings. The smallest absolute Gasteiger partial charge is 0.258 e. The molecule has 0 bridgehead atoms. The summed E-state index contributed by atoms with van der Waals surface area (Å²) in [5.41, 5.74) is 0.760. The van der Waals surface area contributed by atoms with Crippen LogP contribution in [0.15, 0.2) is 35.3 Å². The molecule has 0 aliphatic carbocycles. The Morgan fingerprint density at radius 1 is 1.14 bits per heavy atom. The van der Waals surface area contributed by atoms with E-state index in [1.807, 2.05) is 32.9 Å². The van der Waals surface area contributed by atoms with Gasteiger partial charge >= 0.3 is 0 Å². The summed E-state index contributed by atoms with van der Waals surface area (Å²) in [6.45, 7) is 8.65. The maximum absolute atomic E-state index is 12.3. The zero-order valence-corrected chi connectivity index (χ0v) is 16.6. The van der Waals surface area contributed by atoms with E-state index in [1.54, 1.807) is 23.2 Å². The van der Waals surface area contributed by atoms with Crippen LogP contribution in [-0.2, 0) is 16.1 Å². The monoisotopic (exact) mass is 385 g/mol. The van der Waals surface area contributed by atoms with Gasteiger partial charge < -0.3 is 10.2 Å². The fourth-order valence-corrected chi connectivity index (χ4v) is 3.10. The molecule has 1 aliphatic rings. The van der Waals surface area contributed by atoms with Crippen LogP contribution in [0.1, 0.15) is 26.5 Å². The van der Waals surface area contributed by atoms with E-state index in [0.717, 1.165) is 5.69 Å². The van der Waals surface area contributed by atoms with Gasteiger partial charge in [-0.15, -0.1) is 0 Å². The summed E-state index contributed by atoms with van der Waals surface area (Å²) in [7, 11) is 0. The van der Waals surface area contributed by atoms with Gasteiger partial charge in [0.15, 0.2) is 0 Å². The Labute approximate surface area is 164 Å². The number of hydrogen-bond donors (Lipinski definition) is 1. The number of pyridine rings is 1. The number of piperazine rings is 1. The Hall–Kier alpha value is -2.74. The van der Waals surface area contributed by atoms with E-state index in [0.29, 0.717) is 38.4 Å². The van der Waals surface area contributed by atoms with Crippen LogP contribution in [0.25, 0.3) is 5.65 Å². The number of hydrogen-bond acceptors (Lipinski definition) is 5. The normalized spacial score (nSPS) is 15.6. The molecule has 2 aromatic heterocycles. The van der Waals surface area contributed by atoms with E-state index in [2.05, 4.69) is 15.2 Å². The van der Waals surface area contributed by atoms with Crippen molar-refractivity contribution in [3.05, 3.63) is 46.5 Å². The number of carbonyl (C=O) groups excluding carboxylic acids is 2. The van der Waals surface area contributed by atoms with E-state index < -0.39 is 5.41 Å². The maximum Gasteiger partial charge on any atom is 0.258 e. The second kappa shape index (κ2) is 8.10.